The Balaban J connectivity index is 1.78. The highest BCUT2D eigenvalue weighted by Crippen LogP contribution is 2.37. The Bertz CT molecular complexity index is 1480. The normalized spacial score (nSPS) is 21.2. The zero-order valence-electron chi connectivity index (χ0n) is 21.8. The van der Waals surface area contributed by atoms with Crippen molar-refractivity contribution in [1.29, 1.82) is 0 Å². The monoisotopic (exact) mass is 571 g/mol. The van der Waals surface area contributed by atoms with Gasteiger partial charge in [0.05, 0.1) is 28.8 Å². The maximum Gasteiger partial charge on any atom is 0.417 e. The molecule has 39 heavy (non-hydrogen) atoms. The van der Waals surface area contributed by atoms with Gasteiger partial charge in [-0.1, -0.05) is 6.08 Å². The van der Waals surface area contributed by atoms with Gasteiger partial charge in [0.2, 0.25) is 15.6 Å². The first-order valence-corrected chi connectivity index (χ1v) is 14.0. The third kappa shape index (κ3) is 6.02. The number of likely N-dealkylation sites (N-methyl/N-ethyl adjacent to an activating group) is 1. The maximum absolute atomic E-state index is 15.5. The van der Waals surface area contributed by atoms with Gasteiger partial charge in [0.25, 0.3) is 5.91 Å². The molecule has 0 unspecified atom stereocenters. The lowest BCUT2D eigenvalue weighted by Crippen LogP contribution is -2.55. The second-order valence-electron chi connectivity index (χ2n) is 9.98. The number of alkyl halides is 3. The largest absolute Gasteiger partial charge is 0.417 e. The van der Waals surface area contributed by atoms with Gasteiger partial charge in [-0.25, -0.2) is 12.8 Å². The van der Waals surface area contributed by atoms with Crippen LogP contribution in [0.15, 0.2) is 35.3 Å². The number of pyridine rings is 1. The summed E-state index contributed by atoms with van der Waals surface area (Å²) < 4.78 is 81.4. The number of halogens is 4. The number of rotatable bonds is 5. The van der Waals surface area contributed by atoms with Crippen LogP contribution in [-0.4, -0.2) is 80.1 Å². The molecule has 1 aromatic carbocycles. The molecule has 2 aliphatic heterocycles. The highest BCUT2D eigenvalue weighted by Gasteiger charge is 2.36. The summed E-state index contributed by atoms with van der Waals surface area (Å²) in [5.41, 5.74) is -2.52. The van der Waals surface area contributed by atoms with Gasteiger partial charge >= 0.3 is 6.18 Å². The van der Waals surface area contributed by atoms with Gasteiger partial charge in [-0.05, 0) is 38.6 Å². The molecule has 1 amide bonds. The molecule has 2 aromatic rings. The minimum atomic E-state index is -4.97. The maximum atomic E-state index is 15.5. The second kappa shape index (κ2) is 10.4. The summed E-state index contributed by atoms with van der Waals surface area (Å²) in [5, 5.41) is 2.49. The molecule has 14 heteroatoms. The molecule has 1 fully saturated rings. The van der Waals surface area contributed by atoms with Crippen molar-refractivity contribution in [3.8, 4) is 0 Å². The van der Waals surface area contributed by atoms with E-state index in [9.17, 15) is 31.2 Å². The third-order valence-electron chi connectivity index (χ3n) is 7.21. The van der Waals surface area contributed by atoms with Gasteiger partial charge in [-0.3, -0.25) is 14.5 Å². The van der Waals surface area contributed by atoms with Crippen molar-refractivity contribution < 1.29 is 30.8 Å². The lowest BCUT2D eigenvalue weighted by molar-refractivity contribution is -0.138. The van der Waals surface area contributed by atoms with Crippen LogP contribution in [0, 0.1) is 5.82 Å². The lowest BCUT2D eigenvalue weighted by Gasteiger charge is -2.44. The molecule has 1 aromatic heterocycles. The Kier molecular flexibility index (Phi) is 7.67. The number of anilines is 2. The predicted molar refractivity (Wildman–Crippen MR) is 140 cm³/mol. The number of aromatic nitrogens is 1. The van der Waals surface area contributed by atoms with Crippen LogP contribution in [0.2, 0.25) is 0 Å². The van der Waals surface area contributed by atoms with Crippen molar-refractivity contribution in [3.63, 3.8) is 0 Å². The summed E-state index contributed by atoms with van der Waals surface area (Å²) >= 11 is 0. The zero-order valence-corrected chi connectivity index (χ0v) is 22.6. The molecule has 0 spiro atoms. The Hall–Kier alpha value is -3.23. The smallest absolute Gasteiger partial charge is 0.367 e. The number of sulfonamides is 1. The van der Waals surface area contributed by atoms with Crippen LogP contribution in [0.1, 0.15) is 35.3 Å². The van der Waals surface area contributed by atoms with Gasteiger partial charge < -0.3 is 15.2 Å². The Morgan fingerprint density at radius 2 is 1.77 bits per heavy atom. The van der Waals surface area contributed by atoms with E-state index >= 15 is 4.39 Å². The molecule has 0 saturated carbocycles. The molecule has 9 nitrogen and oxygen atoms in total. The Morgan fingerprint density at radius 1 is 1.13 bits per heavy atom. The molecule has 1 saturated heterocycles. The summed E-state index contributed by atoms with van der Waals surface area (Å²) in [4.78, 5) is 30.8. The average molecular weight is 572 g/mol. The highest BCUT2D eigenvalue weighted by atomic mass is 32.2. The van der Waals surface area contributed by atoms with Crippen molar-refractivity contribution in [3.05, 3.63) is 63.3 Å². The van der Waals surface area contributed by atoms with Crippen LogP contribution >= 0.6 is 0 Å². The van der Waals surface area contributed by atoms with E-state index in [1.807, 2.05) is 25.8 Å². The number of nitrogens with one attached hydrogen (secondary N) is 2. The molecule has 3 heterocycles. The van der Waals surface area contributed by atoms with E-state index in [4.69, 9.17) is 0 Å². The zero-order chi connectivity index (χ0) is 28.9. The molecular formula is C25H29F4N5O4S. The fourth-order valence-corrected chi connectivity index (χ4v) is 5.55. The molecular weight excluding hydrogens is 542 g/mol. The fourth-order valence-electron chi connectivity index (χ4n) is 4.83. The summed E-state index contributed by atoms with van der Waals surface area (Å²) in [5.74, 6) is -1.81. The summed E-state index contributed by atoms with van der Waals surface area (Å²) in [7, 11) is -1.59. The van der Waals surface area contributed by atoms with E-state index in [0.29, 0.717) is 30.9 Å². The van der Waals surface area contributed by atoms with Gasteiger partial charge in [0, 0.05) is 56.1 Å². The van der Waals surface area contributed by atoms with E-state index in [1.54, 1.807) is 6.08 Å². The van der Waals surface area contributed by atoms with E-state index in [-0.39, 0.29) is 42.1 Å². The van der Waals surface area contributed by atoms with E-state index in [1.165, 1.54) is 12.1 Å². The Morgan fingerprint density at radius 3 is 2.33 bits per heavy atom. The minimum absolute atomic E-state index is 0.0212. The van der Waals surface area contributed by atoms with Gasteiger partial charge in [-0.2, -0.15) is 17.5 Å². The molecule has 0 aliphatic carbocycles. The average Bonchev–Trinajstić information content (AvgIpc) is 3.33. The van der Waals surface area contributed by atoms with Crippen LogP contribution in [0.4, 0.5) is 28.9 Å². The van der Waals surface area contributed by atoms with Gasteiger partial charge in [-0.15, -0.1) is 0 Å². The van der Waals surface area contributed by atoms with E-state index in [0.717, 1.165) is 10.6 Å². The van der Waals surface area contributed by atoms with Crippen molar-refractivity contribution in [1.82, 2.24) is 14.2 Å². The quantitative estimate of drug-likeness (QED) is 0.535. The molecule has 2 N–H and O–H groups in total. The van der Waals surface area contributed by atoms with Crippen LogP contribution in [-0.2, 0) is 16.2 Å². The van der Waals surface area contributed by atoms with Crippen LogP contribution < -0.4 is 15.8 Å². The summed E-state index contributed by atoms with van der Waals surface area (Å²) in [6.07, 6.45) is -1.70. The number of carbonyl (C=O) groups is 1. The Labute approximate surface area is 223 Å². The number of piperazine rings is 1. The first kappa shape index (κ1) is 28.8. The molecule has 2 aliphatic rings. The number of hydrogen-bond acceptors (Lipinski definition) is 6. The number of aromatic amines is 1. The van der Waals surface area contributed by atoms with E-state index in [2.05, 4.69) is 15.2 Å². The van der Waals surface area contributed by atoms with Crippen molar-refractivity contribution in [2.45, 2.75) is 32.1 Å². The van der Waals surface area contributed by atoms with Crippen molar-refractivity contribution >= 4 is 32.9 Å². The fraction of sp³-hybridized carbons (Fsp3) is 0.440. The molecule has 4 rings (SSSR count). The van der Waals surface area contributed by atoms with Gasteiger partial charge in [0.1, 0.15) is 5.82 Å². The number of H-pyrrole nitrogens is 1. The summed E-state index contributed by atoms with van der Waals surface area (Å²) in [6.45, 7) is 4.81. The van der Waals surface area contributed by atoms with E-state index < -0.39 is 44.6 Å². The van der Waals surface area contributed by atoms with Crippen LogP contribution in [0.25, 0.3) is 5.57 Å². The lowest BCUT2D eigenvalue weighted by atomic mass is 10.0. The SMILES string of the molecule is C[C@@H]1CN(c2cc(F)c(C3=CCN(S(C)(=O)=O)C3)cc2NC(=O)c2c[nH]c(=O)cc2C(F)(F)F)C[C@H](C)N1C. The number of carbonyl (C=O) groups excluding carboxylic acids is 1. The number of hydrogen-bond donors (Lipinski definition) is 2. The molecule has 212 valence electrons. The minimum Gasteiger partial charge on any atom is -0.367 e. The van der Waals surface area contributed by atoms with Crippen molar-refractivity contribution in [2.24, 2.45) is 0 Å². The standard InChI is InChI=1S/C25H29F4N5O4S/c1-14-11-33(12-15(2)32(14)3)22-9-20(26)17(16-5-6-34(13-16)39(4,37)38)7-21(22)31-24(36)18-10-30-23(35)8-19(18)25(27,28)29/h5,7-10,14-15H,6,11-13H2,1-4H3,(H,30,35)(H,31,36)/t14-,15+. The van der Waals surface area contributed by atoms with Crippen LogP contribution in [0.5, 0.6) is 0 Å². The topological polar surface area (TPSA) is 106 Å². The summed E-state index contributed by atoms with van der Waals surface area (Å²) in [6, 6.07) is 2.93. The third-order valence-corrected chi connectivity index (χ3v) is 8.43. The predicted octanol–water partition coefficient (Wildman–Crippen LogP) is 2.97. The molecule has 0 bridgehead atoms. The van der Waals surface area contributed by atoms with Crippen LogP contribution in [0.3, 0.4) is 0 Å². The number of benzene rings is 1. The number of amides is 1. The number of nitrogens with zero attached hydrogens (tertiary/aromatic N) is 3. The molecule has 0 radical (unpaired) electrons. The first-order chi connectivity index (χ1) is 18.1. The highest BCUT2D eigenvalue weighted by molar-refractivity contribution is 7.88. The van der Waals surface area contributed by atoms with Crippen molar-refractivity contribution in [2.75, 3.05) is 49.7 Å². The first-order valence-electron chi connectivity index (χ1n) is 12.1. The second-order valence-corrected chi connectivity index (χ2v) is 12.0. The van der Waals surface area contributed by atoms with Gasteiger partial charge in [0.15, 0.2) is 0 Å². The molecule has 2 atom stereocenters.